The average molecular weight is 349 g/mol. The van der Waals surface area contributed by atoms with Crippen molar-refractivity contribution in [2.75, 3.05) is 19.0 Å². The van der Waals surface area contributed by atoms with Crippen molar-refractivity contribution in [1.82, 2.24) is 14.8 Å². The molecule has 0 fully saturated rings. The Morgan fingerprint density at radius 3 is 2.75 bits per heavy atom. The van der Waals surface area contributed by atoms with Gasteiger partial charge in [-0.1, -0.05) is 18.7 Å². The summed E-state index contributed by atoms with van der Waals surface area (Å²) in [6.07, 6.45) is 2.78. The molecule has 0 aliphatic heterocycles. The molecule has 6 nitrogen and oxygen atoms in total. The lowest BCUT2D eigenvalue weighted by Crippen LogP contribution is -2.04. The van der Waals surface area contributed by atoms with Gasteiger partial charge in [0.2, 0.25) is 0 Å². The van der Waals surface area contributed by atoms with Gasteiger partial charge < -0.3 is 14.0 Å². The topological polar surface area (TPSA) is 66.2 Å². The number of ether oxygens (including phenoxy) is 2. The van der Waals surface area contributed by atoms with E-state index >= 15 is 0 Å². The molecule has 0 bridgehead atoms. The first-order valence-corrected chi connectivity index (χ1v) is 9.04. The molecule has 0 aliphatic rings. The van der Waals surface area contributed by atoms with Gasteiger partial charge in [-0.25, -0.2) is 0 Å². The lowest BCUT2D eigenvalue weighted by molar-refractivity contribution is 0.112. The van der Waals surface area contributed by atoms with Gasteiger partial charge in [0.1, 0.15) is 12.1 Å². The highest BCUT2D eigenvalue weighted by Crippen LogP contribution is 2.28. The maximum Gasteiger partial charge on any atom is 0.191 e. The highest BCUT2D eigenvalue weighted by Gasteiger charge is 2.09. The number of carbonyl (C=O) groups is 1. The normalized spacial score (nSPS) is 10.6. The fraction of sp³-hybridized carbons (Fsp3) is 0.471. The average Bonchev–Trinajstić information content (AvgIpc) is 2.93. The maximum absolute atomic E-state index is 10.9. The molecule has 1 heterocycles. The van der Waals surface area contributed by atoms with E-state index in [1.807, 2.05) is 18.5 Å². The summed E-state index contributed by atoms with van der Waals surface area (Å²) >= 11 is 1.61. The lowest BCUT2D eigenvalue weighted by atomic mass is 10.2. The van der Waals surface area contributed by atoms with Crippen LogP contribution >= 0.6 is 11.8 Å². The number of carbonyl (C=O) groups excluding carboxylic acids is 1. The zero-order valence-corrected chi connectivity index (χ0v) is 15.1. The fourth-order valence-corrected chi connectivity index (χ4v) is 2.93. The number of nitrogens with zero attached hydrogens (tertiary/aromatic N) is 3. The molecule has 2 aromatic rings. The summed E-state index contributed by atoms with van der Waals surface area (Å²) in [6, 6.07) is 5.18. The van der Waals surface area contributed by atoms with Crippen LogP contribution in [0.3, 0.4) is 0 Å². The minimum atomic E-state index is 0.515. The monoisotopic (exact) mass is 349 g/mol. The quantitative estimate of drug-likeness (QED) is 0.373. The highest BCUT2D eigenvalue weighted by atomic mass is 32.2. The molecule has 1 aromatic carbocycles. The Morgan fingerprint density at radius 1 is 1.21 bits per heavy atom. The maximum atomic E-state index is 10.9. The van der Waals surface area contributed by atoms with Gasteiger partial charge in [0.05, 0.1) is 13.2 Å². The zero-order valence-electron chi connectivity index (χ0n) is 14.3. The SMILES string of the molecule is CCCc1nnc(SCCOc2ccc(C=O)cc2OCC)n1C. The molecule has 1 aromatic heterocycles. The van der Waals surface area contributed by atoms with Gasteiger partial charge in [0.15, 0.2) is 16.7 Å². The molecule has 0 N–H and O–H groups in total. The van der Waals surface area contributed by atoms with Gasteiger partial charge >= 0.3 is 0 Å². The number of aryl methyl sites for hydroxylation is 1. The van der Waals surface area contributed by atoms with E-state index in [1.165, 1.54) is 0 Å². The van der Waals surface area contributed by atoms with Crippen LogP contribution in [-0.2, 0) is 13.5 Å². The zero-order chi connectivity index (χ0) is 17.4. The number of rotatable bonds is 10. The Bertz CT molecular complexity index is 673. The molecule has 0 saturated heterocycles. The van der Waals surface area contributed by atoms with Crippen LogP contribution in [-0.4, -0.2) is 40.0 Å². The molecule has 0 atom stereocenters. The van der Waals surface area contributed by atoms with E-state index in [2.05, 4.69) is 17.1 Å². The first-order chi connectivity index (χ1) is 11.7. The molecule has 7 heteroatoms. The van der Waals surface area contributed by atoms with Crippen LogP contribution < -0.4 is 9.47 Å². The van der Waals surface area contributed by atoms with E-state index in [0.717, 1.165) is 35.9 Å². The molecule has 0 radical (unpaired) electrons. The van der Waals surface area contributed by atoms with Crippen LogP contribution in [0, 0.1) is 0 Å². The number of hydrogen-bond donors (Lipinski definition) is 0. The Morgan fingerprint density at radius 2 is 2.04 bits per heavy atom. The summed E-state index contributed by atoms with van der Waals surface area (Å²) in [7, 11) is 1.99. The number of aldehydes is 1. The lowest BCUT2D eigenvalue weighted by Gasteiger charge is -2.12. The number of thioether (sulfide) groups is 1. The molecule has 130 valence electrons. The second-order valence-corrected chi connectivity index (χ2v) is 6.22. The van der Waals surface area contributed by atoms with E-state index in [0.29, 0.717) is 30.3 Å². The molecule has 24 heavy (non-hydrogen) atoms. The van der Waals surface area contributed by atoms with Crippen molar-refractivity contribution in [3.05, 3.63) is 29.6 Å². The molecule has 0 spiro atoms. The van der Waals surface area contributed by atoms with E-state index in [4.69, 9.17) is 9.47 Å². The van der Waals surface area contributed by atoms with Crippen molar-refractivity contribution in [2.45, 2.75) is 31.8 Å². The first-order valence-electron chi connectivity index (χ1n) is 8.05. The van der Waals surface area contributed by atoms with E-state index in [-0.39, 0.29) is 0 Å². The summed E-state index contributed by atoms with van der Waals surface area (Å²) < 4.78 is 13.3. The highest BCUT2D eigenvalue weighted by molar-refractivity contribution is 7.99. The van der Waals surface area contributed by atoms with Gasteiger partial charge in [-0.15, -0.1) is 10.2 Å². The van der Waals surface area contributed by atoms with Crippen LogP contribution in [0.25, 0.3) is 0 Å². The minimum Gasteiger partial charge on any atom is -0.490 e. The summed E-state index contributed by atoms with van der Waals surface area (Å²) in [5.41, 5.74) is 0.572. The minimum absolute atomic E-state index is 0.515. The third-order valence-electron chi connectivity index (χ3n) is 3.37. The number of aromatic nitrogens is 3. The molecular weight excluding hydrogens is 326 g/mol. The Labute approximate surface area is 146 Å². The van der Waals surface area contributed by atoms with E-state index < -0.39 is 0 Å². The van der Waals surface area contributed by atoms with Gasteiger partial charge in [0.25, 0.3) is 0 Å². The van der Waals surface area contributed by atoms with Crippen LogP contribution in [0.4, 0.5) is 0 Å². The summed E-state index contributed by atoms with van der Waals surface area (Å²) in [5.74, 6) is 2.99. The predicted octanol–water partition coefficient (Wildman–Crippen LogP) is 3.15. The Balaban J connectivity index is 1.89. The third kappa shape index (κ3) is 4.74. The second-order valence-electron chi connectivity index (χ2n) is 5.16. The smallest absolute Gasteiger partial charge is 0.191 e. The summed E-state index contributed by atoms with van der Waals surface area (Å²) in [4.78, 5) is 10.9. The summed E-state index contributed by atoms with van der Waals surface area (Å²) in [5, 5.41) is 9.30. The Hall–Kier alpha value is -2.02. The summed E-state index contributed by atoms with van der Waals surface area (Å²) in [6.45, 7) is 5.06. The van der Waals surface area contributed by atoms with Crippen molar-refractivity contribution < 1.29 is 14.3 Å². The molecule has 0 saturated carbocycles. The van der Waals surface area contributed by atoms with Crippen molar-refractivity contribution >= 4 is 18.0 Å². The van der Waals surface area contributed by atoms with Crippen LogP contribution in [0.5, 0.6) is 11.5 Å². The van der Waals surface area contributed by atoms with Crippen molar-refractivity contribution in [1.29, 1.82) is 0 Å². The Kier molecular flexibility index (Phi) is 7.11. The largest absolute Gasteiger partial charge is 0.490 e. The third-order valence-corrected chi connectivity index (χ3v) is 4.36. The molecule has 0 aliphatic carbocycles. The van der Waals surface area contributed by atoms with Gasteiger partial charge in [-0.05, 0) is 31.5 Å². The number of benzene rings is 1. The van der Waals surface area contributed by atoms with E-state index in [9.17, 15) is 4.79 Å². The van der Waals surface area contributed by atoms with Gasteiger partial charge in [-0.2, -0.15) is 0 Å². The van der Waals surface area contributed by atoms with Gasteiger partial charge in [0, 0.05) is 24.8 Å². The molecular formula is C17H23N3O3S. The van der Waals surface area contributed by atoms with E-state index in [1.54, 1.807) is 30.0 Å². The van der Waals surface area contributed by atoms with Crippen molar-refractivity contribution in [3.63, 3.8) is 0 Å². The number of hydrogen-bond acceptors (Lipinski definition) is 6. The fourth-order valence-electron chi connectivity index (χ4n) is 2.18. The van der Waals surface area contributed by atoms with Crippen LogP contribution in [0.15, 0.2) is 23.4 Å². The predicted molar refractivity (Wildman–Crippen MR) is 94.2 cm³/mol. The van der Waals surface area contributed by atoms with Crippen LogP contribution in [0.1, 0.15) is 36.5 Å². The van der Waals surface area contributed by atoms with Crippen LogP contribution in [0.2, 0.25) is 0 Å². The van der Waals surface area contributed by atoms with Crippen molar-refractivity contribution in [3.8, 4) is 11.5 Å². The van der Waals surface area contributed by atoms with Crippen molar-refractivity contribution in [2.24, 2.45) is 7.05 Å². The first kappa shape index (κ1) is 18.3. The standard InChI is InChI=1S/C17H23N3O3S/c1-4-6-16-18-19-17(20(16)3)24-10-9-23-14-8-7-13(12-21)11-15(14)22-5-2/h7-8,11-12H,4-6,9-10H2,1-3H3. The molecule has 0 unspecified atom stereocenters. The van der Waals surface area contributed by atoms with Gasteiger partial charge in [-0.3, -0.25) is 4.79 Å². The molecule has 2 rings (SSSR count). The second kappa shape index (κ2) is 9.32. The molecule has 0 amide bonds.